The van der Waals surface area contributed by atoms with Crippen LogP contribution in [0.25, 0.3) is 11.5 Å². The number of hydrogen-bond donors (Lipinski definition) is 0. The van der Waals surface area contributed by atoms with Gasteiger partial charge in [-0.2, -0.15) is 0 Å². The Labute approximate surface area is 153 Å². The molecule has 1 aromatic carbocycles. The molecule has 1 saturated heterocycles. The topological polar surface area (TPSA) is 101 Å². The number of thiazole rings is 1. The van der Waals surface area contributed by atoms with Crippen molar-refractivity contribution < 1.29 is 9.34 Å². The average Bonchev–Trinajstić information content (AvgIpc) is 3.35. The Morgan fingerprint density at radius 3 is 2.58 bits per heavy atom. The number of nitro groups is 1. The molecule has 0 radical (unpaired) electrons. The van der Waals surface area contributed by atoms with Crippen LogP contribution in [0, 0.1) is 10.1 Å². The van der Waals surface area contributed by atoms with E-state index < -0.39 is 4.92 Å². The molecule has 0 aliphatic carbocycles. The molecule has 0 atom stereocenters. The lowest BCUT2D eigenvalue weighted by atomic mass is 10.2. The van der Waals surface area contributed by atoms with Gasteiger partial charge in [-0.3, -0.25) is 15.0 Å². The molecular weight excluding hydrogens is 356 g/mol. The summed E-state index contributed by atoms with van der Waals surface area (Å²) in [5.74, 6) is 0.914. The molecule has 4 rings (SSSR count). The molecule has 1 fully saturated rings. The van der Waals surface area contributed by atoms with Gasteiger partial charge >= 0.3 is 0 Å². The van der Waals surface area contributed by atoms with E-state index in [1.807, 2.05) is 11.6 Å². The first-order valence-corrected chi connectivity index (χ1v) is 9.01. The Kier molecular flexibility index (Phi) is 4.59. The summed E-state index contributed by atoms with van der Waals surface area (Å²) in [5, 5.41) is 21.9. The van der Waals surface area contributed by atoms with Gasteiger partial charge in [0.05, 0.1) is 11.5 Å². The van der Waals surface area contributed by atoms with Crippen LogP contribution in [0.2, 0.25) is 0 Å². The van der Waals surface area contributed by atoms with E-state index in [9.17, 15) is 10.1 Å². The number of aromatic nitrogens is 3. The standard InChI is InChI=1S/C16H16N6O3S/c23-22(24)13-3-1-12(2-4-13)15-19-18-14(25-15)11-20-6-8-21(9-7-20)16-17-5-10-26-16/h1-5,10H,6-9,11H2. The van der Waals surface area contributed by atoms with Gasteiger partial charge in [-0.1, -0.05) is 0 Å². The Morgan fingerprint density at radius 1 is 1.15 bits per heavy atom. The highest BCUT2D eigenvalue weighted by Gasteiger charge is 2.20. The highest BCUT2D eigenvalue weighted by Crippen LogP contribution is 2.23. The van der Waals surface area contributed by atoms with E-state index in [1.165, 1.54) is 12.1 Å². The number of nitrogens with zero attached hydrogens (tertiary/aromatic N) is 6. The Morgan fingerprint density at radius 2 is 1.92 bits per heavy atom. The molecule has 3 aromatic rings. The van der Waals surface area contributed by atoms with Crippen molar-refractivity contribution in [2.75, 3.05) is 31.1 Å². The first kappa shape index (κ1) is 16.6. The predicted molar refractivity (Wildman–Crippen MR) is 96.0 cm³/mol. The third-order valence-corrected chi connectivity index (χ3v) is 5.05. The number of hydrogen-bond acceptors (Lipinski definition) is 9. The van der Waals surface area contributed by atoms with Gasteiger partial charge in [0, 0.05) is 55.5 Å². The van der Waals surface area contributed by atoms with Crippen LogP contribution in [-0.2, 0) is 6.54 Å². The fraction of sp³-hybridized carbons (Fsp3) is 0.312. The van der Waals surface area contributed by atoms with Gasteiger partial charge in [-0.25, -0.2) is 4.98 Å². The summed E-state index contributed by atoms with van der Waals surface area (Å²) in [6.07, 6.45) is 1.82. The highest BCUT2D eigenvalue weighted by atomic mass is 32.1. The predicted octanol–water partition coefficient (Wildman–Crippen LogP) is 2.42. The third-order valence-electron chi connectivity index (χ3n) is 4.21. The normalized spacial score (nSPS) is 15.3. The van der Waals surface area contributed by atoms with Gasteiger partial charge in [0.1, 0.15) is 0 Å². The van der Waals surface area contributed by atoms with Crippen LogP contribution < -0.4 is 4.90 Å². The van der Waals surface area contributed by atoms with Crippen LogP contribution in [0.15, 0.2) is 40.3 Å². The molecule has 0 bridgehead atoms. The van der Waals surface area contributed by atoms with E-state index in [-0.39, 0.29) is 5.69 Å². The van der Waals surface area contributed by atoms with Gasteiger partial charge < -0.3 is 9.32 Å². The minimum atomic E-state index is -0.436. The lowest BCUT2D eigenvalue weighted by Crippen LogP contribution is -2.46. The molecule has 1 aliphatic rings. The fourth-order valence-electron chi connectivity index (χ4n) is 2.82. The zero-order valence-electron chi connectivity index (χ0n) is 13.8. The van der Waals surface area contributed by atoms with Crippen LogP contribution in [0.3, 0.4) is 0 Å². The zero-order chi connectivity index (χ0) is 17.9. The Bertz CT molecular complexity index is 872. The SMILES string of the molecule is O=[N+]([O-])c1ccc(-c2nnc(CN3CCN(c4nccs4)CC3)o2)cc1. The number of piperazine rings is 1. The van der Waals surface area contributed by atoms with Crippen LogP contribution in [0.1, 0.15) is 5.89 Å². The van der Waals surface area contributed by atoms with E-state index in [1.54, 1.807) is 23.5 Å². The van der Waals surface area contributed by atoms with Crippen molar-refractivity contribution in [1.82, 2.24) is 20.1 Å². The molecule has 1 aliphatic heterocycles. The van der Waals surface area contributed by atoms with Gasteiger partial charge in [-0.15, -0.1) is 21.5 Å². The Hall–Kier alpha value is -2.85. The van der Waals surface area contributed by atoms with E-state index in [4.69, 9.17) is 4.42 Å². The number of benzene rings is 1. The Balaban J connectivity index is 1.36. The molecule has 0 unspecified atom stereocenters. The fourth-order valence-corrected chi connectivity index (χ4v) is 3.52. The maximum absolute atomic E-state index is 10.7. The molecule has 10 heteroatoms. The monoisotopic (exact) mass is 372 g/mol. The van der Waals surface area contributed by atoms with Gasteiger partial charge in [-0.05, 0) is 12.1 Å². The van der Waals surface area contributed by atoms with E-state index in [0.717, 1.165) is 31.3 Å². The first-order valence-electron chi connectivity index (χ1n) is 8.13. The number of anilines is 1. The second kappa shape index (κ2) is 7.18. The molecule has 134 valence electrons. The molecule has 0 amide bonds. The van der Waals surface area contributed by atoms with Crippen LogP contribution in [0.4, 0.5) is 10.8 Å². The van der Waals surface area contributed by atoms with Gasteiger partial charge in [0.2, 0.25) is 11.8 Å². The summed E-state index contributed by atoms with van der Waals surface area (Å²) in [6, 6.07) is 6.08. The molecule has 0 N–H and O–H groups in total. The van der Waals surface area contributed by atoms with Crippen molar-refractivity contribution in [3.05, 3.63) is 51.8 Å². The molecule has 0 spiro atoms. The molecular formula is C16H16N6O3S. The summed E-state index contributed by atoms with van der Waals surface area (Å²) < 4.78 is 5.71. The number of non-ortho nitro benzene ring substituents is 1. The molecule has 9 nitrogen and oxygen atoms in total. The van der Waals surface area contributed by atoms with Crippen molar-refractivity contribution in [1.29, 1.82) is 0 Å². The lowest BCUT2D eigenvalue weighted by Gasteiger charge is -2.33. The van der Waals surface area contributed by atoms with Gasteiger partial charge in [0.25, 0.3) is 5.69 Å². The van der Waals surface area contributed by atoms with E-state index in [2.05, 4.69) is 25.0 Å². The van der Waals surface area contributed by atoms with Crippen molar-refractivity contribution in [2.24, 2.45) is 0 Å². The first-order chi connectivity index (χ1) is 12.7. The average molecular weight is 372 g/mol. The highest BCUT2D eigenvalue weighted by molar-refractivity contribution is 7.13. The van der Waals surface area contributed by atoms with Crippen molar-refractivity contribution >= 4 is 22.2 Å². The van der Waals surface area contributed by atoms with Crippen molar-refractivity contribution in [3.63, 3.8) is 0 Å². The van der Waals surface area contributed by atoms with Crippen molar-refractivity contribution in [2.45, 2.75) is 6.54 Å². The summed E-state index contributed by atoms with van der Waals surface area (Å²) in [7, 11) is 0. The third kappa shape index (κ3) is 3.55. The summed E-state index contributed by atoms with van der Waals surface area (Å²) in [6.45, 7) is 4.21. The van der Waals surface area contributed by atoms with Gasteiger partial charge in [0.15, 0.2) is 5.13 Å². The summed E-state index contributed by atoms with van der Waals surface area (Å²) in [5.41, 5.74) is 0.703. The minimum absolute atomic E-state index is 0.0339. The van der Waals surface area contributed by atoms with Crippen molar-refractivity contribution in [3.8, 4) is 11.5 Å². The maximum Gasteiger partial charge on any atom is 0.269 e. The summed E-state index contributed by atoms with van der Waals surface area (Å²) in [4.78, 5) is 19.2. The van der Waals surface area contributed by atoms with Crippen LogP contribution in [0.5, 0.6) is 0 Å². The largest absolute Gasteiger partial charge is 0.419 e. The minimum Gasteiger partial charge on any atom is -0.419 e. The second-order valence-electron chi connectivity index (χ2n) is 5.88. The van der Waals surface area contributed by atoms with E-state index >= 15 is 0 Å². The van der Waals surface area contributed by atoms with Crippen LogP contribution in [-0.4, -0.2) is 51.2 Å². The smallest absolute Gasteiger partial charge is 0.269 e. The molecule has 0 saturated carbocycles. The number of nitro benzene ring substituents is 1. The maximum atomic E-state index is 10.7. The second-order valence-corrected chi connectivity index (χ2v) is 6.76. The summed E-state index contributed by atoms with van der Waals surface area (Å²) >= 11 is 1.65. The number of rotatable bonds is 5. The van der Waals surface area contributed by atoms with E-state index in [0.29, 0.717) is 23.9 Å². The molecule has 3 heterocycles. The molecule has 2 aromatic heterocycles. The zero-order valence-corrected chi connectivity index (χ0v) is 14.6. The molecule has 26 heavy (non-hydrogen) atoms. The quantitative estimate of drug-likeness (QED) is 0.497. The lowest BCUT2D eigenvalue weighted by molar-refractivity contribution is -0.384. The van der Waals surface area contributed by atoms with Crippen LogP contribution >= 0.6 is 11.3 Å².